The summed E-state index contributed by atoms with van der Waals surface area (Å²) in [5, 5.41) is 14.2. The molecule has 130 valence electrons. The molecule has 0 radical (unpaired) electrons. The molecule has 2 aromatic rings. The molecule has 0 bridgehead atoms. The van der Waals surface area contributed by atoms with E-state index in [4.69, 9.17) is 4.74 Å². The van der Waals surface area contributed by atoms with Crippen LogP contribution in [-0.4, -0.2) is 37.1 Å². The van der Waals surface area contributed by atoms with Gasteiger partial charge >= 0.3 is 0 Å². The largest absolute Gasteiger partial charge is 0.378 e. The summed E-state index contributed by atoms with van der Waals surface area (Å²) in [5.74, 6) is -0.376. The zero-order chi connectivity index (χ0) is 17.8. The Kier molecular flexibility index (Phi) is 5.49. The highest BCUT2D eigenvalue weighted by molar-refractivity contribution is 14.1. The first-order valence-electron chi connectivity index (χ1n) is 7.72. The molecule has 0 saturated carbocycles. The number of hydrogen-bond acceptors (Lipinski definition) is 5. The van der Waals surface area contributed by atoms with Gasteiger partial charge in [-0.3, -0.25) is 14.9 Å². The summed E-state index contributed by atoms with van der Waals surface area (Å²) >= 11 is 2.15. The van der Waals surface area contributed by atoms with Crippen molar-refractivity contribution in [1.29, 1.82) is 0 Å². The van der Waals surface area contributed by atoms with Crippen LogP contribution in [-0.2, 0) is 4.74 Å². The second-order valence-corrected chi connectivity index (χ2v) is 6.77. The maximum absolute atomic E-state index is 12.4. The molecular formula is C17H16IN3O4. The molecule has 25 heavy (non-hydrogen) atoms. The van der Waals surface area contributed by atoms with Crippen LogP contribution in [0.1, 0.15) is 10.4 Å². The Labute approximate surface area is 158 Å². The van der Waals surface area contributed by atoms with Gasteiger partial charge in [-0.2, -0.15) is 0 Å². The minimum absolute atomic E-state index is 0.0720. The lowest BCUT2D eigenvalue weighted by Gasteiger charge is -2.28. The summed E-state index contributed by atoms with van der Waals surface area (Å²) in [6.07, 6.45) is 0. The van der Waals surface area contributed by atoms with E-state index in [1.807, 2.05) is 23.1 Å². The number of nitro benzene ring substituents is 1. The van der Waals surface area contributed by atoms with Crippen LogP contribution >= 0.6 is 22.6 Å². The molecule has 0 aromatic heterocycles. The van der Waals surface area contributed by atoms with Gasteiger partial charge < -0.3 is 15.0 Å². The van der Waals surface area contributed by atoms with Gasteiger partial charge in [-0.05, 0) is 52.9 Å². The summed E-state index contributed by atoms with van der Waals surface area (Å²) in [5.41, 5.74) is 1.34. The third-order valence-electron chi connectivity index (χ3n) is 3.87. The van der Waals surface area contributed by atoms with Crippen molar-refractivity contribution in [3.63, 3.8) is 0 Å². The highest BCUT2D eigenvalue weighted by Gasteiger charge is 2.23. The Hall–Kier alpha value is -2.20. The summed E-state index contributed by atoms with van der Waals surface area (Å²) in [6.45, 7) is 2.25. The average molecular weight is 453 g/mol. The number of nitrogens with zero attached hydrogens (tertiary/aromatic N) is 2. The molecule has 7 nitrogen and oxygen atoms in total. The van der Waals surface area contributed by atoms with Crippen molar-refractivity contribution < 1.29 is 14.5 Å². The van der Waals surface area contributed by atoms with Gasteiger partial charge in [0.2, 0.25) is 0 Å². The summed E-state index contributed by atoms with van der Waals surface area (Å²) in [6, 6.07) is 11.9. The summed E-state index contributed by atoms with van der Waals surface area (Å²) in [4.78, 5) is 25.3. The monoisotopic (exact) mass is 453 g/mol. The first-order chi connectivity index (χ1) is 12.0. The van der Waals surface area contributed by atoms with Crippen molar-refractivity contribution in [2.24, 2.45) is 0 Å². The van der Waals surface area contributed by atoms with E-state index in [1.54, 1.807) is 18.2 Å². The lowest BCUT2D eigenvalue weighted by Crippen LogP contribution is -2.36. The van der Waals surface area contributed by atoms with Crippen molar-refractivity contribution in [3.05, 3.63) is 61.7 Å². The number of amides is 1. The number of nitrogens with one attached hydrogen (secondary N) is 1. The number of nitro groups is 1. The Morgan fingerprint density at radius 3 is 2.64 bits per heavy atom. The number of carbonyl (C=O) groups excluding carboxylic acids is 1. The fourth-order valence-corrected chi connectivity index (χ4v) is 3.20. The number of halogens is 1. The summed E-state index contributed by atoms with van der Waals surface area (Å²) in [7, 11) is 0. The van der Waals surface area contributed by atoms with Crippen LogP contribution in [0.15, 0.2) is 42.5 Å². The third-order valence-corrected chi connectivity index (χ3v) is 4.54. The highest BCUT2D eigenvalue weighted by atomic mass is 127. The van der Waals surface area contributed by atoms with Crippen LogP contribution in [0.4, 0.5) is 17.1 Å². The lowest BCUT2D eigenvalue weighted by atomic mass is 10.1. The molecule has 1 aliphatic rings. The molecule has 1 heterocycles. The Morgan fingerprint density at radius 1 is 1.20 bits per heavy atom. The number of carbonyl (C=O) groups is 1. The minimum Gasteiger partial charge on any atom is -0.378 e. The van der Waals surface area contributed by atoms with Gasteiger partial charge in [0.05, 0.1) is 18.1 Å². The maximum atomic E-state index is 12.4. The molecule has 1 fully saturated rings. The maximum Gasteiger partial charge on any atom is 0.293 e. The molecule has 8 heteroatoms. The minimum atomic E-state index is -0.451. The zero-order valence-electron chi connectivity index (χ0n) is 13.3. The van der Waals surface area contributed by atoms with E-state index in [0.717, 1.165) is 3.57 Å². The van der Waals surface area contributed by atoms with Gasteiger partial charge in [0, 0.05) is 34.0 Å². The fourth-order valence-electron chi connectivity index (χ4n) is 2.65. The van der Waals surface area contributed by atoms with Crippen LogP contribution < -0.4 is 10.2 Å². The molecule has 2 aromatic carbocycles. The van der Waals surface area contributed by atoms with Crippen molar-refractivity contribution in [1.82, 2.24) is 0 Å². The van der Waals surface area contributed by atoms with E-state index in [-0.39, 0.29) is 17.2 Å². The van der Waals surface area contributed by atoms with E-state index in [9.17, 15) is 14.9 Å². The van der Waals surface area contributed by atoms with Gasteiger partial charge in [-0.15, -0.1) is 0 Å². The quantitative estimate of drug-likeness (QED) is 0.437. The van der Waals surface area contributed by atoms with Crippen LogP contribution in [0.5, 0.6) is 0 Å². The van der Waals surface area contributed by atoms with Crippen LogP contribution in [0.25, 0.3) is 0 Å². The molecule has 1 amide bonds. The molecule has 1 N–H and O–H groups in total. The predicted molar refractivity (Wildman–Crippen MR) is 103 cm³/mol. The van der Waals surface area contributed by atoms with E-state index in [1.165, 1.54) is 6.07 Å². The number of anilines is 2. The molecule has 1 saturated heterocycles. The lowest BCUT2D eigenvalue weighted by molar-refractivity contribution is -0.384. The van der Waals surface area contributed by atoms with Crippen molar-refractivity contribution in [2.75, 3.05) is 36.5 Å². The zero-order valence-corrected chi connectivity index (χ0v) is 15.4. The second-order valence-electron chi connectivity index (χ2n) is 5.52. The topological polar surface area (TPSA) is 84.7 Å². The molecular weight excluding hydrogens is 437 g/mol. The SMILES string of the molecule is O=C(Nc1cccc(I)c1)c1ccc(N2CCOCC2)c([N+](=O)[O-])c1. The van der Waals surface area contributed by atoms with Gasteiger partial charge in [0.15, 0.2) is 0 Å². The van der Waals surface area contributed by atoms with E-state index >= 15 is 0 Å². The Morgan fingerprint density at radius 2 is 1.96 bits per heavy atom. The third kappa shape index (κ3) is 4.26. The smallest absolute Gasteiger partial charge is 0.293 e. The summed E-state index contributed by atoms with van der Waals surface area (Å²) < 4.78 is 6.27. The van der Waals surface area contributed by atoms with E-state index in [2.05, 4.69) is 27.9 Å². The number of ether oxygens (including phenoxy) is 1. The van der Waals surface area contributed by atoms with Gasteiger partial charge in [-0.25, -0.2) is 0 Å². The number of benzene rings is 2. The highest BCUT2D eigenvalue weighted by Crippen LogP contribution is 2.30. The molecule has 0 atom stereocenters. The first-order valence-corrected chi connectivity index (χ1v) is 8.80. The second kappa shape index (κ2) is 7.79. The molecule has 0 unspecified atom stereocenters. The molecule has 0 aliphatic carbocycles. The van der Waals surface area contributed by atoms with Crippen LogP contribution in [0.2, 0.25) is 0 Å². The fraction of sp³-hybridized carbons (Fsp3) is 0.235. The van der Waals surface area contributed by atoms with Crippen molar-refractivity contribution in [3.8, 4) is 0 Å². The number of hydrogen-bond donors (Lipinski definition) is 1. The van der Waals surface area contributed by atoms with Gasteiger partial charge in [0.25, 0.3) is 11.6 Å². The van der Waals surface area contributed by atoms with Crippen LogP contribution in [0, 0.1) is 13.7 Å². The average Bonchev–Trinajstić information content (AvgIpc) is 2.62. The Balaban J connectivity index is 1.85. The molecule has 3 rings (SSSR count). The van der Waals surface area contributed by atoms with Gasteiger partial charge in [-0.1, -0.05) is 6.07 Å². The predicted octanol–water partition coefficient (Wildman–Crippen LogP) is 3.29. The molecule has 1 aliphatic heterocycles. The normalized spacial score (nSPS) is 14.2. The number of morpholine rings is 1. The first kappa shape index (κ1) is 17.6. The van der Waals surface area contributed by atoms with E-state index in [0.29, 0.717) is 37.7 Å². The van der Waals surface area contributed by atoms with E-state index < -0.39 is 4.92 Å². The molecule has 0 spiro atoms. The van der Waals surface area contributed by atoms with Gasteiger partial charge in [0.1, 0.15) is 5.69 Å². The van der Waals surface area contributed by atoms with Crippen LogP contribution in [0.3, 0.4) is 0 Å². The standard InChI is InChI=1S/C17H16IN3O4/c18-13-2-1-3-14(11-13)19-17(22)12-4-5-15(16(10-12)21(23)24)20-6-8-25-9-7-20/h1-5,10-11H,6-9H2,(H,19,22). The Bertz CT molecular complexity index is 806. The number of rotatable bonds is 4. The van der Waals surface area contributed by atoms with Crippen molar-refractivity contribution >= 4 is 45.6 Å². The van der Waals surface area contributed by atoms with Crippen molar-refractivity contribution in [2.45, 2.75) is 0 Å².